The fourth-order valence-electron chi connectivity index (χ4n) is 2.63. The Morgan fingerprint density at radius 2 is 1.88 bits per heavy atom. The van der Waals surface area contributed by atoms with Crippen molar-refractivity contribution in [3.8, 4) is 11.3 Å². The van der Waals surface area contributed by atoms with Crippen molar-refractivity contribution in [3.05, 3.63) is 60.7 Å². The normalized spacial score (nSPS) is 12.5. The van der Waals surface area contributed by atoms with E-state index in [0.717, 1.165) is 0 Å². The van der Waals surface area contributed by atoms with Gasteiger partial charge in [-0.15, -0.1) is 0 Å². The van der Waals surface area contributed by atoms with Crippen LogP contribution >= 0.6 is 0 Å². The van der Waals surface area contributed by atoms with Crippen molar-refractivity contribution < 1.29 is 13.2 Å². The average Bonchev–Trinajstić information content (AvgIpc) is 2.78. The highest BCUT2D eigenvalue weighted by molar-refractivity contribution is 7.89. The summed E-state index contributed by atoms with van der Waals surface area (Å²) in [4.78, 5) is 26.9. The Hall–Kier alpha value is -3.41. The largest absolute Gasteiger partial charge is 0.382 e. The Bertz CT molecular complexity index is 1180. The van der Waals surface area contributed by atoms with Gasteiger partial charge in [0.1, 0.15) is 0 Å². The molecule has 1 aromatic carbocycles. The Balaban J connectivity index is 1.79. The van der Waals surface area contributed by atoms with E-state index in [1.807, 2.05) is 25.9 Å². The molecule has 0 bridgehead atoms. The standard InChI is InChI=1S/C21H25N7O3S/c1-14(28(2)3)11-25-32(30,31)17-8-6-15(7-9-17)18-13-24-20(22)19(27-18)21(29)26-16-5-4-10-23-12-16/h4-10,12-14,25H,11H2,1-3H3,(H2,22,24)(H,26,29). The maximum atomic E-state index is 12.6. The van der Waals surface area contributed by atoms with E-state index in [-0.39, 0.29) is 29.0 Å². The summed E-state index contributed by atoms with van der Waals surface area (Å²) in [5.41, 5.74) is 7.27. The van der Waals surface area contributed by atoms with E-state index in [0.29, 0.717) is 16.9 Å². The molecule has 0 saturated carbocycles. The molecule has 2 heterocycles. The number of nitrogens with two attached hydrogens (primary N) is 1. The van der Waals surface area contributed by atoms with Crippen LogP contribution in [0.1, 0.15) is 17.4 Å². The molecule has 0 spiro atoms. The lowest BCUT2D eigenvalue weighted by atomic mass is 10.1. The molecule has 10 nitrogen and oxygen atoms in total. The zero-order chi connectivity index (χ0) is 23.3. The van der Waals surface area contributed by atoms with Gasteiger partial charge in [-0.1, -0.05) is 12.1 Å². The predicted octanol–water partition coefficient (Wildman–Crippen LogP) is 1.60. The van der Waals surface area contributed by atoms with Crippen molar-refractivity contribution in [2.24, 2.45) is 0 Å². The topological polar surface area (TPSA) is 143 Å². The second-order valence-corrected chi connectivity index (χ2v) is 9.14. The number of nitrogen functional groups attached to an aromatic ring is 1. The van der Waals surface area contributed by atoms with Gasteiger partial charge < -0.3 is 16.0 Å². The molecule has 1 atom stereocenters. The van der Waals surface area contributed by atoms with Gasteiger partial charge in [0, 0.05) is 24.3 Å². The number of anilines is 2. The Morgan fingerprint density at radius 1 is 1.16 bits per heavy atom. The summed E-state index contributed by atoms with van der Waals surface area (Å²) in [6, 6.07) is 9.58. The zero-order valence-electron chi connectivity index (χ0n) is 18.0. The van der Waals surface area contributed by atoms with E-state index in [4.69, 9.17) is 5.73 Å². The number of hydrogen-bond acceptors (Lipinski definition) is 8. The first-order chi connectivity index (χ1) is 15.2. The number of nitrogens with one attached hydrogen (secondary N) is 2. The van der Waals surface area contributed by atoms with Crippen molar-refractivity contribution in [1.29, 1.82) is 0 Å². The number of carbonyl (C=O) groups excluding carboxylic acids is 1. The molecule has 0 aliphatic rings. The summed E-state index contributed by atoms with van der Waals surface area (Å²) in [5, 5.41) is 2.66. The number of hydrogen-bond donors (Lipinski definition) is 3. The first-order valence-corrected chi connectivity index (χ1v) is 11.3. The molecule has 3 aromatic rings. The molecule has 0 saturated heterocycles. The predicted molar refractivity (Wildman–Crippen MR) is 122 cm³/mol. The summed E-state index contributed by atoms with van der Waals surface area (Å²) in [6.07, 6.45) is 4.52. The van der Waals surface area contributed by atoms with Gasteiger partial charge in [-0.05, 0) is 45.3 Å². The second kappa shape index (κ2) is 9.81. The van der Waals surface area contributed by atoms with Gasteiger partial charge in [-0.2, -0.15) is 0 Å². The Morgan fingerprint density at radius 3 is 2.50 bits per heavy atom. The van der Waals surface area contributed by atoms with Gasteiger partial charge in [0.2, 0.25) is 10.0 Å². The summed E-state index contributed by atoms with van der Waals surface area (Å²) in [5.74, 6) is -0.545. The molecule has 0 radical (unpaired) electrons. The number of benzene rings is 1. The molecular weight excluding hydrogens is 430 g/mol. The molecule has 0 fully saturated rings. The van der Waals surface area contributed by atoms with Crippen LogP contribution < -0.4 is 15.8 Å². The monoisotopic (exact) mass is 455 g/mol. The minimum atomic E-state index is -3.65. The first kappa shape index (κ1) is 23.3. The highest BCUT2D eigenvalue weighted by Gasteiger charge is 2.18. The van der Waals surface area contributed by atoms with Crippen LogP contribution in [0.15, 0.2) is 59.9 Å². The minimum Gasteiger partial charge on any atom is -0.382 e. The van der Waals surface area contributed by atoms with Crippen molar-refractivity contribution in [2.45, 2.75) is 17.9 Å². The van der Waals surface area contributed by atoms with Crippen LogP contribution in [0, 0.1) is 0 Å². The van der Waals surface area contributed by atoms with Crippen molar-refractivity contribution in [3.63, 3.8) is 0 Å². The number of rotatable bonds is 8. The Labute approximate surface area is 187 Å². The smallest absolute Gasteiger partial charge is 0.278 e. The molecular formula is C21H25N7O3S. The van der Waals surface area contributed by atoms with Crippen LogP contribution in [-0.2, 0) is 10.0 Å². The fourth-order valence-corrected chi connectivity index (χ4v) is 3.75. The van der Waals surface area contributed by atoms with Crippen molar-refractivity contribution in [2.75, 3.05) is 31.7 Å². The highest BCUT2D eigenvalue weighted by Crippen LogP contribution is 2.21. The molecule has 0 aliphatic heterocycles. The maximum absolute atomic E-state index is 12.6. The maximum Gasteiger partial charge on any atom is 0.278 e. The second-order valence-electron chi connectivity index (χ2n) is 7.37. The molecule has 1 amide bonds. The number of likely N-dealkylation sites (N-methyl/N-ethyl adjacent to an activating group) is 1. The summed E-state index contributed by atoms with van der Waals surface area (Å²) < 4.78 is 27.7. The van der Waals surface area contributed by atoms with Crippen molar-refractivity contribution in [1.82, 2.24) is 24.6 Å². The van der Waals surface area contributed by atoms with Crippen LogP contribution in [0.4, 0.5) is 11.5 Å². The van der Waals surface area contributed by atoms with Gasteiger partial charge >= 0.3 is 0 Å². The van der Waals surface area contributed by atoms with E-state index in [9.17, 15) is 13.2 Å². The van der Waals surface area contributed by atoms with Gasteiger partial charge in [0.15, 0.2) is 11.5 Å². The van der Waals surface area contributed by atoms with Crippen LogP contribution in [0.3, 0.4) is 0 Å². The van der Waals surface area contributed by atoms with Gasteiger partial charge in [-0.3, -0.25) is 9.78 Å². The third-order valence-corrected chi connectivity index (χ3v) is 6.29. The molecule has 0 aliphatic carbocycles. The van der Waals surface area contributed by atoms with Crippen LogP contribution in [0.5, 0.6) is 0 Å². The number of nitrogens with zero attached hydrogens (tertiary/aromatic N) is 4. The Kier molecular flexibility index (Phi) is 7.13. The molecule has 2 aromatic heterocycles. The minimum absolute atomic E-state index is 0.0199. The van der Waals surface area contributed by atoms with E-state index in [1.165, 1.54) is 24.5 Å². The summed E-state index contributed by atoms with van der Waals surface area (Å²) in [7, 11) is 0.110. The molecule has 11 heteroatoms. The van der Waals surface area contributed by atoms with Crippen LogP contribution in [0.25, 0.3) is 11.3 Å². The molecule has 32 heavy (non-hydrogen) atoms. The molecule has 168 valence electrons. The zero-order valence-corrected chi connectivity index (χ0v) is 18.8. The third kappa shape index (κ3) is 5.63. The van der Waals surface area contributed by atoms with E-state index in [2.05, 4.69) is 25.0 Å². The SMILES string of the molecule is CC(CNS(=O)(=O)c1ccc(-c2cnc(N)c(C(=O)Nc3cccnc3)n2)cc1)N(C)C. The van der Waals surface area contributed by atoms with E-state index >= 15 is 0 Å². The van der Waals surface area contributed by atoms with Gasteiger partial charge in [-0.25, -0.2) is 23.1 Å². The number of pyridine rings is 1. The van der Waals surface area contributed by atoms with Gasteiger partial charge in [0.05, 0.1) is 28.7 Å². The lowest BCUT2D eigenvalue weighted by molar-refractivity contribution is 0.102. The van der Waals surface area contributed by atoms with Gasteiger partial charge in [0.25, 0.3) is 5.91 Å². The molecule has 1 unspecified atom stereocenters. The summed E-state index contributed by atoms with van der Waals surface area (Å²) >= 11 is 0. The van der Waals surface area contributed by atoms with Crippen LogP contribution in [0.2, 0.25) is 0 Å². The van der Waals surface area contributed by atoms with Crippen molar-refractivity contribution >= 4 is 27.4 Å². The molecule has 4 N–H and O–H groups in total. The first-order valence-electron chi connectivity index (χ1n) is 9.78. The lowest BCUT2D eigenvalue weighted by Gasteiger charge is -2.20. The lowest BCUT2D eigenvalue weighted by Crippen LogP contribution is -2.38. The van der Waals surface area contributed by atoms with Crippen LogP contribution in [-0.4, -0.2) is 60.9 Å². The number of carbonyl (C=O) groups is 1. The fraction of sp³-hybridized carbons (Fsp3) is 0.238. The molecule has 3 rings (SSSR count). The average molecular weight is 456 g/mol. The third-order valence-electron chi connectivity index (χ3n) is 4.85. The quantitative estimate of drug-likeness (QED) is 0.465. The summed E-state index contributed by atoms with van der Waals surface area (Å²) in [6.45, 7) is 2.21. The number of aromatic nitrogens is 3. The number of sulfonamides is 1. The number of amides is 1. The van der Waals surface area contributed by atoms with E-state index < -0.39 is 15.9 Å². The van der Waals surface area contributed by atoms with E-state index in [1.54, 1.807) is 30.5 Å². The highest BCUT2D eigenvalue weighted by atomic mass is 32.2.